The molecule has 3 rings (SSSR count). The van der Waals surface area contributed by atoms with E-state index in [-0.39, 0.29) is 25.3 Å². The fraction of sp³-hybridized carbons (Fsp3) is 0.231. The molecule has 7 heteroatoms. The van der Waals surface area contributed by atoms with Crippen LogP contribution in [-0.4, -0.2) is 52.9 Å². The first-order chi connectivity index (χ1) is 16.0. The summed E-state index contributed by atoms with van der Waals surface area (Å²) in [5, 5.41) is 21.7. The number of urea groups is 1. The van der Waals surface area contributed by atoms with Crippen LogP contribution in [0.4, 0.5) is 4.79 Å². The highest BCUT2D eigenvalue weighted by Gasteiger charge is 2.26. The zero-order valence-electron chi connectivity index (χ0n) is 18.3. The van der Waals surface area contributed by atoms with E-state index in [4.69, 9.17) is 4.74 Å². The first kappa shape index (κ1) is 23.8. The average Bonchev–Trinajstić information content (AvgIpc) is 2.84. The van der Waals surface area contributed by atoms with Crippen LogP contribution in [0.5, 0.6) is 11.5 Å². The number of aliphatic hydroxyl groups excluding tert-OH is 1. The number of rotatable bonds is 10. The molecule has 0 aliphatic rings. The molecule has 1 atom stereocenters. The van der Waals surface area contributed by atoms with Crippen molar-refractivity contribution in [2.45, 2.75) is 18.9 Å². The van der Waals surface area contributed by atoms with Crippen LogP contribution in [0.25, 0.3) is 0 Å². The number of para-hydroxylation sites is 1. The van der Waals surface area contributed by atoms with Gasteiger partial charge in [0.1, 0.15) is 17.5 Å². The summed E-state index contributed by atoms with van der Waals surface area (Å²) in [5.41, 5.74) is 1.82. The first-order valence-electron chi connectivity index (χ1n) is 10.8. The molecule has 7 nitrogen and oxygen atoms in total. The van der Waals surface area contributed by atoms with Crippen LogP contribution in [0.1, 0.15) is 11.1 Å². The van der Waals surface area contributed by atoms with E-state index < -0.39 is 18.0 Å². The Bertz CT molecular complexity index is 1010. The summed E-state index contributed by atoms with van der Waals surface area (Å²) in [6, 6.07) is 23.4. The lowest BCUT2D eigenvalue weighted by molar-refractivity contribution is -0.136. The molecule has 0 aliphatic carbocycles. The maximum Gasteiger partial charge on any atom is 0.334 e. The molecule has 0 radical (unpaired) electrons. The van der Waals surface area contributed by atoms with Crippen LogP contribution in [0, 0.1) is 0 Å². The molecule has 3 aromatic rings. The van der Waals surface area contributed by atoms with Crippen molar-refractivity contribution in [1.82, 2.24) is 10.2 Å². The summed E-state index contributed by atoms with van der Waals surface area (Å²) < 4.78 is 5.47. The second-order valence-corrected chi connectivity index (χ2v) is 7.55. The van der Waals surface area contributed by atoms with Gasteiger partial charge in [0.15, 0.2) is 0 Å². The van der Waals surface area contributed by atoms with E-state index >= 15 is 0 Å². The van der Waals surface area contributed by atoms with Gasteiger partial charge in [-0.05, 0) is 41.8 Å². The third-order valence-electron chi connectivity index (χ3n) is 5.09. The van der Waals surface area contributed by atoms with Crippen LogP contribution < -0.4 is 10.1 Å². The summed E-state index contributed by atoms with van der Waals surface area (Å²) in [7, 11) is 0. The van der Waals surface area contributed by atoms with Crippen molar-refractivity contribution in [3.8, 4) is 11.5 Å². The zero-order valence-corrected chi connectivity index (χ0v) is 18.3. The quantitative estimate of drug-likeness (QED) is 0.327. The molecule has 2 amide bonds. The first-order valence-corrected chi connectivity index (χ1v) is 10.8. The highest BCUT2D eigenvalue weighted by molar-refractivity contribution is 5.85. The molecule has 172 valence electrons. The number of amides is 2. The minimum absolute atomic E-state index is 0.112. The van der Waals surface area contributed by atoms with Gasteiger partial charge in [0.25, 0.3) is 0 Å². The molecular weight excluding hydrogens is 420 g/mol. The van der Waals surface area contributed by atoms with Gasteiger partial charge in [-0.15, -0.1) is 0 Å². The monoisotopic (exact) mass is 448 g/mol. The molecule has 0 unspecified atom stereocenters. The van der Waals surface area contributed by atoms with Crippen molar-refractivity contribution < 1.29 is 24.5 Å². The van der Waals surface area contributed by atoms with E-state index in [1.165, 1.54) is 17.0 Å². The van der Waals surface area contributed by atoms with Crippen LogP contribution in [-0.2, 0) is 17.6 Å². The molecule has 3 N–H and O–H groups in total. The highest BCUT2D eigenvalue weighted by Crippen LogP contribution is 2.14. The van der Waals surface area contributed by atoms with Crippen molar-refractivity contribution in [2.24, 2.45) is 0 Å². The highest BCUT2D eigenvalue weighted by atomic mass is 16.5. The summed E-state index contributed by atoms with van der Waals surface area (Å²) in [4.78, 5) is 27.4. The average molecular weight is 449 g/mol. The minimum Gasteiger partial charge on any atom is -0.508 e. The number of hydrogen-bond donors (Lipinski definition) is 3. The smallest absolute Gasteiger partial charge is 0.334 e. The number of nitrogens with one attached hydrogen (secondary N) is 1. The molecule has 33 heavy (non-hydrogen) atoms. The van der Waals surface area contributed by atoms with Gasteiger partial charge in [-0.1, -0.05) is 60.7 Å². The van der Waals surface area contributed by atoms with E-state index in [1.807, 2.05) is 36.4 Å². The van der Waals surface area contributed by atoms with Crippen molar-refractivity contribution in [2.75, 3.05) is 19.7 Å². The third-order valence-corrected chi connectivity index (χ3v) is 5.09. The maximum atomic E-state index is 13.0. The largest absolute Gasteiger partial charge is 0.508 e. The fourth-order valence-electron chi connectivity index (χ4n) is 3.32. The number of carbonyl (C=O) groups is 2. The molecule has 0 heterocycles. The third kappa shape index (κ3) is 7.66. The van der Waals surface area contributed by atoms with Gasteiger partial charge in [-0.25, -0.2) is 9.59 Å². The second-order valence-electron chi connectivity index (χ2n) is 7.55. The summed E-state index contributed by atoms with van der Waals surface area (Å²) in [6.07, 6.45) is 0.800. The Hall–Kier alpha value is -3.84. The van der Waals surface area contributed by atoms with Gasteiger partial charge in [0.2, 0.25) is 0 Å². The normalized spacial score (nSPS) is 11.4. The maximum absolute atomic E-state index is 13.0. The molecule has 0 aromatic heterocycles. The Morgan fingerprint density at radius 1 is 0.848 bits per heavy atom. The molecule has 0 spiro atoms. The SMILES string of the molecule is O=C(Oc1ccccc1)[C@H](Cc1ccc(O)cc1)NC(=O)N(CCO)CCc1ccccc1. The number of phenols is 1. The summed E-state index contributed by atoms with van der Waals surface area (Å²) >= 11 is 0. The second kappa shape index (κ2) is 12.3. The Morgan fingerprint density at radius 3 is 2.12 bits per heavy atom. The van der Waals surface area contributed by atoms with Crippen LogP contribution >= 0.6 is 0 Å². The lowest BCUT2D eigenvalue weighted by Crippen LogP contribution is -2.51. The molecule has 0 saturated heterocycles. The van der Waals surface area contributed by atoms with E-state index in [1.54, 1.807) is 36.4 Å². The Labute approximate surface area is 193 Å². The standard InChI is InChI=1S/C26H28N2O5/c29-18-17-28(16-15-20-7-3-1-4-8-20)26(32)27-24(19-21-11-13-22(30)14-12-21)25(31)33-23-9-5-2-6-10-23/h1-14,24,29-30H,15-19H2,(H,27,32)/t24-/m0/s1. The molecular formula is C26H28N2O5. The zero-order chi connectivity index (χ0) is 23.5. The summed E-state index contributed by atoms with van der Waals surface area (Å²) in [6.45, 7) is 0.327. The van der Waals surface area contributed by atoms with Crippen LogP contribution in [0.3, 0.4) is 0 Å². The predicted octanol–water partition coefficient (Wildman–Crippen LogP) is 3.16. The number of esters is 1. The number of aliphatic hydroxyl groups is 1. The summed E-state index contributed by atoms with van der Waals surface area (Å²) in [5.74, 6) is -0.111. The van der Waals surface area contributed by atoms with E-state index in [0.717, 1.165) is 11.1 Å². The van der Waals surface area contributed by atoms with Crippen LogP contribution in [0.15, 0.2) is 84.9 Å². The topological polar surface area (TPSA) is 99.1 Å². The van der Waals surface area contributed by atoms with E-state index in [2.05, 4.69) is 5.32 Å². The van der Waals surface area contributed by atoms with E-state index in [0.29, 0.717) is 18.7 Å². The number of benzene rings is 3. The Kier molecular flexibility index (Phi) is 8.85. The molecule has 0 saturated carbocycles. The Morgan fingerprint density at radius 2 is 1.48 bits per heavy atom. The lowest BCUT2D eigenvalue weighted by atomic mass is 10.1. The Balaban J connectivity index is 1.71. The molecule has 3 aromatic carbocycles. The van der Waals surface area contributed by atoms with Crippen molar-refractivity contribution in [3.63, 3.8) is 0 Å². The van der Waals surface area contributed by atoms with E-state index in [9.17, 15) is 19.8 Å². The van der Waals surface area contributed by atoms with Gasteiger partial charge in [-0.3, -0.25) is 0 Å². The fourth-order valence-corrected chi connectivity index (χ4v) is 3.32. The van der Waals surface area contributed by atoms with Gasteiger partial charge in [0.05, 0.1) is 6.61 Å². The van der Waals surface area contributed by atoms with Gasteiger partial charge in [-0.2, -0.15) is 0 Å². The predicted molar refractivity (Wildman–Crippen MR) is 125 cm³/mol. The minimum atomic E-state index is -0.958. The van der Waals surface area contributed by atoms with Crippen molar-refractivity contribution in [1.29, 1.82) is 0 Å². The van der Waals surface area contributed by atoms with Crippen LogP contribution in [0.2, 0.25) is 0 Å². The van der Waals surface area contributed by atoms with Crippen molar-refractivity contribution in [3.05, 3.63) is 96.1 Å². The number of ether oxygens (including phenoxy) is 1. The number of aromatic hydroxyl groups is 1. The molecule has 0 aliphatic heterocycles. The molecule has 0 fully saturated rings. The number of hydrogen-bond acceptors (Lipinski definition) is 5. The lowest BCUT2D eigenvalue weighted by Gasteiger charge is -2.25. The number of carbonyl (C=O) groups excluding carboxylic acids is 2. The molecule has 0 bridgehead atoms. The number of phenolic OH excluding ortho intramolecular Hbond substituents is 1. The van der Waals surface area contributed by atoms with Crippen molar-refractivity contribution >= 4 is 12.0 Å². The van der Waals surface area contributed by atoms with Gasteiger partial charge < -0.3 is 25.2 Å². The number of nitrogens with zero attached hydrogens (tertiary/aromatic N) is 1. The van der Waals surface area contributed by atoms with Gasteiger partial charge >= 0.3 is 12.0 Å². The van der Waals surface area contributed by atoms with Gasteiger partial charge in [0, 0.05) is 19.5 Å².